The number of ether oxygens (including phenoxy) is 1. The molecule has 9 heteroatoms. The zero-order chi connectivity index (χ0) is 13.1. The Morgan fingerprint density at radius 1 is 1.53 bits per heavy atom. The van der Waals surface area contributed by atoms with Crippen molar-refractivity contribution in [2.45, 2.75) is 19.6 Å². The molecule has 1 aromatic heterocycles. The summed E-state index contributed by atoms with van der Waals surface area (Å²) in [5.41, 5.74) is 0.0499. The Kier molecular flexibility index (Phi) is 4.05. The standard InChI is InChI=1S/C8H10F3N3O3/c1-5-6(7(15)16)12-13-14(5)2-3-17-4-8(9,10)11/h2-4H2,1H3,(H,15,16). The van der Waals surface area contributed by atoms with Gasteiger partial charge in [-0.25, -0.2) is 9.48 Å². The van der Waals surface area contributed by atoms with Crippen molar-refractivity contribution in [2.24, 2.45) is 0 Å². The highest BCUT2D eigenvalue weighted by molar-refractivity contribution is 5.86. The summed E-state index contributed by atoms with van der Waals surface area (Å²) in [6.45, 7) is -0.0787. The Hall–Kier alpha value is -1.64. The highest BCUT2D eigenvalue weighted by atomic mass is 19.4. The van der Waals surface area contributed by atoms with Gasteiger partial charge in [0, 0.05) is 0 Å². The van der Waals surface area contributed by atoms with Crippen molar-refractivity contribution in [3.8, 4) is 0 Å². The molecule has 0 spiro atoms. The van der Waals surface area contributed by atoms with E-state index in [0.717, 1.165) is 0 Å². The van der Waals surface area contributed by atoms with Crippen LogP contribution in [0.25, 0.3) is 0 Å². The molecule has 17 heavy (non-hydrogen) atoms. The van der Waals surface area contributed by atoms with Gasteiger partial charge >= 0.3 is 12.1 Å². The van der Waals surface area contributed by atoms with Gasteiger partial charge in [-0.3, -0.25) is 0 Å². The number of halogens is 3. The third-order valence-electron chi connectivity index (χ3n) is 1.90. The summed E-state index contributed by atoms with van der Waals surface area (Å²) < 4.78 is 40.7. The molecular weight excluding hydrogens is 243 g/mol. The zero-order valence-electron chi connectivity index (χ0n) is 8.86. The smallest absolute Gasteiger partial charge is 0.411 e. The lowest BCUT2D eigenvalue weighted by Crippen LogP contribution is -2.19. The number of rotatable bonds is 5. The first-order chi connectivity index (χ1) is 7.81. The lowest BCUT2D eigenvalue weighted by molar-refractivity contribution is -0.174. The van der Waals surface area contributed by atoms with Gasteiger partial charge in [-0.1, -0.05) is 5.21 Å². The van der Waals surface area contributed by atoms with Crippen LogP contribution >= 0.6 is 0 Å². The molecule has 0 aliphatic carbocycles. The Morgan fingerprint density at radius 3 is 2.65 bits per heavy atom. The maximum Gasteiger partial charge on any atom is 0.411 e. The molecule has 0 aliphatic heterocycles. The monoisotopic (exact) mass is 253 g/mol. The van der Waals surface area contributed by atoms with E-state index in [2.05, 4.69) is 15.0 Å². The molecule has 1 heterocycles. The predicted octanol–water partition coefficient (Wildman–Crippen LogP) is 0.864. The van der Waals surface area contributed by atoms with Crippen molar-refractivity contribution in [3.63, 3.8) is 0 Å². The topological polar surface area (TPSA) is 77.2 Å². The number of alkyl halides is 3. The predicted molar refractivity (Wildman–Crippen MR) is 48.6 cm³/mol. The quantitative estimate of drug-likeness (QED) is 0.787. The summed E-state index contributed by atoms with van der Waals surface area (Å²) in [7, 11) is 0. The normalized spacial score (nSPS) is 11.8. The lowest BCUT2D eigenvalue weighted by atomic mass is 10.3. The van der Waals surface area contributed by atoms with Gasteiger partial charge in [0.25, 0.3) is 0 Å². The lowest BCUT2D eigenvalue weighted by Gasteiger charge is -2.07. The minimum atomic E-state index is -4.37. The molecule has 1 N–H and O–H groups in total. The minimum absolute atomic E-state index is 0.0161. The van der Waals surface area contributed by atoms with Gasteiger partial charge in [0.2, 0.25) is 0 Å². The molecule has 1 aromatic rings. The fraction of sp³-hybridized carbons (Fsp3) is 0.625. The molecule has 0 aliphatic rings. The van der Waals surface area contributed by atoms with Crippen LogP contribution in [-0.4, -0.2) is 45.5 Å². The molecule has 0 saturated heterocycles. The van der Waals surface area contributed by atoms with E-state index < -0.39 is 18.8 Å². The van der Waals surface area contributed by atoms with Crippen LogP contribution in [0.4, 0.5) is 13.2 Å². The molecule has 0 atom stereocenters. The van der Waals surface area contributed by atoms with Gasteiger partial charge in [-0.15, -0.1) is 5.10 Å². The molecule has 1 rings (SSSR count). The highest BCUT2D eigenvalue weighted by Gasteiger charge is 2.27. The van der Waals surface area contributed by atoms with E-state index in [-0.39, 0.29) is 24.5 Å². The largest absolute Gasteiger partial charge is 0.476 e. The SMILES string of the molecule is Cc1c(C(=O)O)nnn1CCOCC(F)(F)F. The number of nitrogens with zero attached hydrogens (tertiary/aromatic N) is 3. The van der Waals surface area contributed by atoms with Gasteiger partial charge in [-0.2, -0.15) is 13.2 Å². The molecule has 0 amide bonds. The van der Waals surface area contributed by atoms with Gasteiger partial charge in [0.05, 0.1) is 18.8 Å². The number of hydrogen-bond acceptors (Lipinski definition) is 4. The molecule has 96 valence electrons. The molecule has 0 bridgehead atoms. The van der Waals surface area contributed by atoms with Gasteiger partial charge in [0.1, 0.15) is 6.61 Å². The number of carbonyl (C=O) groups is 1. The van der Waals surface area contributed by atoms with E-state index in [1.165, 1.54) is 11.6 Å². The fourth-order valence-corrected chi connectivity index (χ4v) is 1.11. The number of carboxylic acid groups (broad SMARTS) is 1. The molecule has 0 saturated carbocycles. The molecule has 6 nitrogen and oxygen atoms in total. The third kappa shape index (κ3) is 4.02. The van der Waals surface area contributed by atoms with E-state index in [1.54, 1.807) is 0 Å². The average molecular weight is 253 g/mol. The Morgan fingerprint density at radius 2 is 2.18 bits per heavy atom. The highest BCUT2D eigenvalue weighted by Crippen LogP contribution is 2.14. The maximum absolute atomic E-state index is 11.7. The molecule has 0 radical (unpaired) electrons. The fourth-order valence-electron chi connectivity index (χ4n) is 1.11. The van der Waals surface area contributed by atoms with E-state index in [0.29, 0.717) is 0 Å². The van der Waals surface area contributed by atoms with Crippen LogP contribution in [-0.2, 0) is 11.3 Å². The first kappa shape index (κ1) is 13.4. The second-order valence-electron chi connectivity index (χ2n) is 3.22. The third-order valence-corrected chi connectivity index (χ3v) is 1.90. The number of carboxylic acids is 1. The summed E-state index contributed by atoms with van der Waals surface area (Å²) in [4.78, 5) is 10.6. The van der Waals surface area contributed by atoms with Crippen LogP contribution in [0.3, 0.4) is 0 Å². The maximum atomic E-state index is 11.7. The summed E-state index contributed by atoms with van der Waals surface area (Å²) >= 11 is 0. The van der Waals surface area contributed by atoms with Crippen molar-refractivity contribution in [2.75, 3.05) is 13.2 Å². The Balaban J connectivity index is 2.45. The van der Waals surface area contributed by atoms with Crippen LogP contribution in [0.5, 0.6) is 0 Å². The Bertz CT molecular complexity index is 402. The molecule has 0 aromatic carbocycles. The summed E-state index contributed by atoms with van der Waals surface area (Å²) in [6, 6.07) is 0. The molecule has 0 unspecified atom stereocenters. The Labute approximate surface area is 94.0 Å². The zero-order valence-corrected chi connectivity index (χ0v) is 8.86. The van der Waals surface area contributed by atoms with E-state index in [4.69, 9.17) is 5.11 Å². The van der Waals surface area contributed by atoms with Gasteiger partial charge in [-0.05, 0) is 6.92 Å². The van der Waals surface area contributed by atoms with Crippen molar-refractivity contribution >= 4 is 5.97 Å². The van der Waals surface area contributed by atoms with Gasteiger partial charge in [0.15, 0.2) is 5.69 Å². The number of hydrogen-bond donors (Lipinski definition) is 1. The van der Waals surface area contributed by atoms with Crippen molar-refractivity contribution < 1.29 is 27.8 Å². The number of aromatic carboxylic acids is 1. The van der Waals surface area contributed by atoms with Crippen molar-refractivity contribution in [1.82, 2.24) is 15.0 Å². The van der Waals surface area contributed by atoms with Crippen LogP contribution in [0.2, 0.25) is 0 Å². The van der Waals surface area contributed by atoms with Crippen LogP contribution in [0.15, 0.2) is 0 Å². The van der Waals surface area contributed by atoms with Gasteiger partial charge < -0.3 is 9.84 Å². The number of aromatic nitrogens is 3. The second-order valence-corrected chi connectivity index (χ2v) is 3.22. The van der Waals surface area contributed by atoms with Crippen LogP contribution < -0.4 is 0 Å². The average Bonchev–Trinajstić information content (AvgIpc) is 2.53. The van der Waals surface area contributed by atoms with Crippen LogP contribution in [0, 0.1) is 6.92 Å². The minimum Gasteiger partial charge on any atom is -0.476 e. The van der Waals surface area contributed by atoms with E-state index in [1.807, 2.05) is 0 Å². The molecular formula is C8H10F3N3O3. The summed E-state index contributed by atoms with van der Waals surface area (Å²) in [6.07, 6.45) is -4.37. The summed E-state index contributed by atoms with van der Waals surface area (Å²) in [5.74, 6) is -1.23. The van der Waals surface area contributed by atoms with E-state index >= 15 is 0 Å². The second kappa shape index (κ2) is 5.13. The van der Waals surface area contributed by atoms with Crippen LogP contribution in [0.1, 0.15) is 16.2 Å². The van der Waals surface area contributed by atoms with Crippen molar-refractivity contribution in [1.29, 1.82) is 0 Å². The molecule has 0 fully saturated rings. The first-order valence-electron chi connectivity index (χ1n) is 4.59. The van der Waals surface area contributed by atoms with E-state index in [9.17, 15) is 18.0 Å². The first-order valence-corrected chi connectivity index (χ1v) is 4.59. The summed E-state index contributed by atoms with van der Waals surface area (Å²) in [5, 5.41) is 15.5. The van der Waals surface area contributed by atoms with Crippen molar-refractivity contribution in [3.05, 3.63) is 11.4 Å².